The number of ether oxygens (including phenoxy) is 2. The first kappa shape index (κ1) is 20.6. The molecule has 0 fully saturated rings. The number of anilines is 1. The van der Waals surface area contributed by atoms with Crippen molar-refractivity contribution in [3.05, 3.63) is 59.7 Å². The van der Waals surface area contributed by atoms with Gasteiger partial charge in [0.1, 0.15) is 0 Å². The number of methoxy groups -OCH3 is 1. The normalized spacial score (nSPS) is 12.3. The quantitative estimate of drug-likeness (QED) is 0.691. The Morgan fingerprint density at radius 2 is 1.81 bits per heavy atom. The summed E-state index contributed by atoms with van der Waals surface area (Å²) < 4.78 is 32.6. The van der Waals surface area contributed by atoms with Crippen LogP contribution in [-0.2, 0) is 30.9 Å². The van der Waals surface area contributed by atoms with Crippen molar-refractivity contribution in [2.45, 2.75) is 24.5 Å². The highest BCUT2D eigenvalue weighted by Crippen LogP contribution is 2.14. The van der Waals surface area contributed by atoms with E-state index in [0.717, 1.165) is 5.56 Å². The van der Waals surface area contributed by atoms with E-state index >= 15 is 0 Å². The number of hydrogen-bond donors (Lipinski definition) is 2. The van der Waals surface area contributed by atoms with E-state index in [1.165, 1.54) is 31.2 Å². The maximum atomic E-state index is 12.2. The number of carbonyl (C=O) groups is 2. The van der Waals surface area contributed by atoms with Gasteiger partial charge in [-0.2, -0.15) is 0 Å². The van der Waals surface area contributed by atoms with Crippen molar-refractivity contribution >= 4 is 27.6 Å². The molecule has 144 valence electrons. The largest absolute Gasteiger partial charge is 0.449 e. The fourth-order valence-electron chi connectivity index (χ4n) is 2.21. The molecule has 0 aromatic heterocycles. The van der Waals surface area contributed by atoms with Crippen LogP contribution in [0.1, 0.15) is 22.8 Å². The van der Waals surface area contributed by atoms with Crippen molar-refractivity contribution < 1.29 is 27.5 Å². The molecule has 27 heavy (non-hydrogen) atoms. The molecule has 3 N–H and O–H groups in total. The van der Waals surface area contributed by atoms with Gasteiger partial charge in [0.05, 0.1) is 17.1 Å². The maximum Gasteiger partial charge on any atom is 0.338 e. The van der Waals surface area contributed by atoms with E-state index in [1.54, 1.807) is 25.3 Å². The smallest absolute Gasteiger partial charge is 0.338 e. The van der Waals surface area contributed by atoms with Crippen molar-refractivity contribution in [2.24, 2.45) is 5.14 Å². The summed E-state index contributed by atoms with van der Waals surface area (Å²) in [6, 6.07) is 12.0. The van der Waals surface area contributed by atoms with Crippen molar-refractivity contribution in [1.29, 1.82) is 0 Å². The molecule has 2 aromatic rings. The van der Waals surface area contributed by atoms with Gasteiger partial charge in [-0.25, -0.2) is 18.4 Å². The minimum absolute atomic E-state index is 0.0732. The Hall–Kier alpha value is -2.75. The van der Waals surface area contributed by atoms with Gasteiger partial charge in [-0.3, -0.25) is 4.79 Å². The van der Waals surface area contributed by atoms with Crippen LogP contribution >= 0.6 is 0 Å². The first-order chi connectivity index (χ1) is 12.7. The summed E-state index contributed by atoms with van der Waals surface area (Å²) in [7, 11) is -2.26. The van der Waals surface area contributed by atoms with E-state index in [1.807, 2.05) is 6.07 Å². The summed E-state index contributed by atoms with van der Waals surface area (Å²) in [4.78, 5) is 24.3. The van der Waals surface area contributed by atoms with E-state index in [2.05, 4.69) is 5.32 Å². The topological polar surface area (TPSA) is 125 Å². The lowest BCUT2D eigenvalue weighted by Gasteiger charge is -2.14. The molecule has 0 spiro atoms. The van der Waals surface area contributed by atoms with Crippen LogP contribution in [0, 0.1) is 0 Å². The summed E-state index contributed by atoms with van der Waals surface area (Å²) in [6.45, 7) is 1.79. The summed E-state index contributed by atoms with van der Waals surface area (Å²) in [5.41, 5.74) is 1.46. The third-order valence-electron chi connectivity index (χ3n) is 3.58. The highest BCUT2D eigenvalue weighted by Gasteiger charge is 2.19. The number of nitrogens with two attached hydrogens (primary N) is 1. The average molecular weight is 392 g/mol. The second-order valence-corrected chi connectivity index (χ2v) is 7.30. The molecular formula is C18H20N2O6S. The highest BCUT2D eigenvalue weighted by atomic mass is 32.2. The van der Waals surface area contributed by atoms with E-state index < -0.39 is 28.0 Å². The molecule has 0 saturated carbocycles. The number of sulfonamides is 1. The Morgan fingerprint density at radius 3 is 2.41 bits per heavy atom. The van der Waals surface area contributed by atoms with Gasteiger partial charge in [0, 0.05) is 12.8 Å². The molecule has 0 aliphatic heterocycles. The summed E-state index contributed by atoms with van der Waals surface area (Å²) in [5.74, 6) is -1.19. The molecule has 0 heterocycles. The lowest BCUT2D eigenvalue weighted by molar-refractivity contribution is -0.123. The zero-order valence-electron chi connectivity index (χ0n) is 14.8. The Labute approximate surface area is 157 Å². The molecule has 1 atom stereocenters. The number of amides is 1. The number of benzene rings is 2. The minimum Gasteiger partial charge on any atom is -0.449 e. The number of hydrogen-bond acceptors (Lipinski definition) is 6. The lowest BCUT2D eigenvalue weighted by atomic mass is 10.1. The molecule has 2 rings (SSSR count). The molecule has 0 aliphatic carbocycles. The van der Waals surface area contributed by atoms with Gasteiger partial charge in [-0.05, 0) is 48.9 Å². The van der Waals surface area contributed by atoms with Crippen LogP contribution in [-0.4, -0.2) is 33.5 Å². The number of esters is 1. The van der Waals surface area contributed by atoms with Gasteiger partial charge in [0.15, 0.2) is 6.10 Å². The van der Waals surface area contributed by atoms with Crippen LogP contribution in [0.4, 0.5) is 5.69 Å². The zero-order chi connectivity index (χ0) is 20.0. The minimum atomic E-state index is -3.81. The van der Waals surface area contributed by atoms with Crippen LogP contribution in [0.25, 0.3) is 0 Å². The molecule has 0 saturated heterocycles. The molecule has 0 unspecified atom stereocenters. The summed E-state index contributed by atoms with van der Waals surface area (Å²) in [5, 5.41) is 7.55. The standard InChI is InChI=1S/C18H20N2O6S/c1-12(26-18(22)14-5-3-4-13(10-14)11-25-2)17(21)20-15-6-8-16(9-7-15)27(19,23)24/h3-10,12H,11H2,1-2H3,(H,20,21)(H2,19,23,24)/t12-/m1/s1. The number of rotatable bonds is 7. The Kier molecular flexibility index (Phi) is 6.67. The molecule has 1 amide bonds. The fraction of sp³-hybridized carbons (Fsp3) is 0.222. The maximum absolute atomic E-state index is 12.2. The van der Waals surface area contributed by atoms with E-state index in [4.69, 9.17) is 14.6 Å². The number of carbonyl (C=O) groups excluding carboxylic acids is 2. The Balaban J connectivity index is 1.99. The summed E-state index contributed by atoms with van der Waals surface area (Å²) >= 11 is 0. The third-order valence-corrected chi connectivity index (χ3v) is 4.51. The van der Waals surface area contributed by atoms with Gasteiger partial charge >= 0.3 is 5.97 Å². The fourth-order valence-corrected chi connectivity index (χ4v) is 2.72. The van der Waals surface area contributed by atoms with Crippen LogP contribution < -0.4 is 10.5 Å². The van der Waals surface area contributed by atoms with Crippen molar-refractivity contribution in [3.8, 4) is 0 Å². The van der Waals surface area contributed by atoms with Crippen molar-refractivity contribution in [1.82, 2.24) is 0 Å². The number of primary sulfonamides is 1. The second kappa shape index (κ2) is 8.76. The van der Waals surface area contributed by atoms with E-state index in [-0.39, 0.29) is 4.90 Å². The second-order valence-electron chi connectivity index (χ2n) is 5.74. The van der Waals surface area contributed by atoms with Crippen molar-refractivity contribution in [2.75, 3.05) is 12.4 Å². The first-order valence-electron chi connectivity index (χ1n) is 7.93. The molecule has 2 aromatic carbocycles. The predicted molar refractivity (Wildman–Crippen MR) is 98.5 cm³/mol. The van der Waals surface area contributed by atoms with Gasteiger partial charge in [0.25, 0.3) is 5.91 Å². The summed E-state index contributed by atoms with van der Waals surface area (Å²) in [6.07, 6.45) is -1.05. The van der Waals surface area contributed by atoms with E-state index in [0.29, 0.717) is 17.9 Å². The third kappa shape index (κ3) is 5.88. The van der Waals surface area contributed by atoms with Gasteiger partial charge < -0.3 is 14.8 Å². The van der Waals surface area contributed by atoms with Gasteiger partial charge in [-0.15, -0.1) is 0 Å². The van der Waals surface area contributed by atoms with Crippen LogP contribution in [0.2, 0.25) is 0 Å². The SMILES string of the molecule is COCc1cccc(C(=O)O[C@H](C)C(=O)Nc2ccc(S(N)(=O)=O)cc2)c1. The first-order valence-corrected chi connectivity index (χ1v) is 9.48. The van der Waals surface area contributed by atoms with Crippen molar-refractivity contribution in [3.63, 3.8) is 0 Å². The van der Waals surface area contributed by atoms with Gasteiger partial charge in [-0.1, -0.05) is 12.1 Å². The Morgan fingerprint density at radius 1 is 1.15 bits per heavy atom. The number of nitrogens with one attached hydrogen (secondary N) is 1. The molecule has 8 nitrogen and oxygen atoms in total. The van der Waals surface area contributed by atoms with Crippen LogP contribution in [0.5, 0.6) is 0 Å². The zero-order valence-corrected chi connectivity index (χ0v) is 15.7. The van der Waals surface area contributed by atoms with Crippen LogP contribution in [0.15, 0.2) is 53.4 Å². The molecule has 0 aliphatic rings. The van der Waals surface area contributed by atoms with E-state index in [9.17, 15) is 18.0 Å². The Bertz CT molecular complexity index is 925. The molecule has 0 radical (unpaired) electrons. The molecule has 9 heteroatoms. The molecule has 0 bridgehead atoms. The van der Waals surface area contributed by atoms with Crippen LogP contribution in [0.3, 0.4) is 0 Å². The lowest BCUT2D eigenvalue weighted by Crippen LogP contribution is -2.30. The predicted octanol–water partition coefficient (Wildman–Crippen LogP) is 1.66. The average Bonchev–Trinajstić information content (AvgIpc) is 2.62. The van der Waals surface area contributed by atoms with Gasteiger partial charge in [0.2, 0.25) is 10.0 Å². The molecular weight excluding hydrogens is 372 g/mol. The monoisotopic (exact) mass is 392 g/mol. The highest BCUT2D eigenvalue weighted by molar-refractivity contribution is 7.89.